The van der Waals surface area contributed by atoms with Gasteiger partial charge in [0.15, 0.2) is 0 Å². The minimum Gasteiger partial charge on any atom is -0.311 e. The third-order valence-electron chi connectivity index (χ3n) is 2.91. The first-order chi connectivity index (χ1) is 10.0. The first kappa shape index (κ1) is 14.4. The van der Waals surface area contributed by atoms with Crippen molar-refractivity contribution >= 4 is 23.1 Å². The van der Waals surface area contributed by atoms with Gasteiger partial charge in [-0.3, -0.25) is 14.9 Å². The molecule has 108 valence electrons. The Hall–Kier alpha value is -3.00. The van der Waals surface area contributed by atoms with E-state index in [1.54, 1.807) is 19.2 Å². The molecule has 2 aromatic rings. The second-order valence-corrected chi connectivity index (χ2v) is 4.21. The molecule has 2 rings (SSSR count). The SMILES string of the molecule is CN(C(=O)c1ccc(NN)nc1)c1ccc([N+](=O)[O-])cc1. The van der Waals surface area contributed by atoms with E-state index in [0.29, 0.717) is 17.1 Å². The fourth-order valence-corrected chi connectivity index (χ4v) is 1.71. The third kappa shape index (κ3) is 3.12. The van der Waals surface area contributed by atoms with Gasteiger partial charge >= 0.3 is 0 Å². The average Bonchev–Trinajstić information content (AvgIpc) is 2.53. The highest BCUT2D eigenvalue weighted by atomic mass is 16.6. The monoisotopic (exact) mass is 287 g/mol. The molecule has 8 heteroatoms. The van der Waals surface area contributed by atoms with Crippen LogP contribution in [0.25, 0.3) is 0 Å². The van der Waals surface area contributed by atoms with Crippen molar-refractivity contribution in [3.8, 4) is 0 Å². The molecular weight excluding hydrogens is 274 g/mol. The second-order valence-electron chi connectivity index (χ2n) is 4.21. The first-order valence-electron chi connectivity index (χ1n) is 5.98. The van der Waals surface area contributed by atoms with Crippen LogP contribution in [-0.4, -0.2) is 22.9 Å². The van der Waals surface area contributed by atoms with Gasteiger partial charge in [-0.15, -0.1) is 0 Å². The van der Waals surface area contributed by atoms with E-state index >= 15 is 0 Å². The summed E-state index contributed by atoms with van der Waals surface area (Å²) in [5, 5.41) is 10.6. The maximum Gasteiger partial charge on any atom is 0.269 e. The van der Waals surface area contributed by atoms with Crippen LogP contribution >= 0.6 is 0 Å². The Morgan fingerprint density at radius 2 is 1.95 bits per heavy atom. The average molecular weight is 287 g/mol. The van der Waals surface area contributed by atoms with Crippen molar-refractivity contribution in [1.82, 2.24) is 4.98 Å². The zero-order chi connectivity index (χ0) is 15.4. The molecule has 0 aliphatic rings. The molecule has 0 aliphatic carbocycles. The smallest absolute Gasteiger partial charge is 0.269 e. The first-order valence-corrected chi connectivity index (χ1v) is 5.98. The van der Waals surface area contributed by atoms with E-state index in [1.807, 2.05) is 0 Å². The summed E-state index contributed by atoms with van der Waals surface area (Å²) in [7, 11) is 1.58. The third-order valence-corrected chi connectivity index (χ3v) is 2.91. The van der Waals surface area contributed by atoms with Gasteiger partial charge in [-0.05, 0) is 24.3 Å². The van der Waals surface area contributed by atoms with Crippen LogP contribution in [0.1, 0.15) is 10.4 Å². The number of nitrogens with zero attached hydrogens (tertiary/aromatic N) is 3. The van der Waals surface area contributed by atoms with E-state index in [4.69, 9.17) is 5.84 Å². The van der Waals surface area contributed by atoms with Crippen LogP contribution in [-0.2, 0) is 0 Å². The molecule has 8 nitrogen and oxygen atoms in total. The zero-order valence-corrected chi connectivity index (χ0v) is 11.2. The summed E-state index contributed by atoms with van der Waals surface area (Å²) in [4.78, 5) is 27.7. The molecule has 1 heterocycles. The number of nitro benzene ring substituents is 1. The molecule has 1 amide bonds. The Labute approximate surface area is 120 Å². The maximum atomic E-state index is 12.3. The summed E-state index contributed by atoms with van der Waals surface area (Å²) in [5.41, 5.74) is 3.27. The summed E-state index contributed by atoms with van der Waals surface area (Å²) in [6, 6.07) is 8.89. The second kappa shape index (κ2) is 5.97. The highest BCUT2D eigenvalue weighted by molar-refractivity contribution is 6.05. The van der Waals surface area contributed by atoms with Crippen LogP contribution in [0.15, 0.2) is 42.6 Å². The van der Waals surface area contributed by atoms with Gasteiger partial charge < -0.3 is 10.3 Å². The quantitative estimate of drug-likeness (QED) is 0.501. The highest BCUT2D eigenvalue weighted by Gasteiger charge is 2.15. The number of benzene rings is 1. The number of nitrogens with one attached hydrogen (secondary N) is 1. The molecule has 3 N–H and O–H groups in total. The number of hydrogen-bond donors (Lipinski definition) is 2. The Kier molecular flexibility index (Phi) is 4.10. The summed E-state index contributed by atoms with van der Waals surface area (Å²) in [6.45, 7) is 0. The van der Waals surface area contributed by atoms with E-state index in [1.165, 1.54) is 35.4 Å². The van der Waals surface area contributed by atoms with Crippen molar-refractivity contribution in [2.75, 3.05) is 17.4 Å². The Morgan fingerprint density at radius 3 is 2.43 bits per heavy atom. The number of hydrazine groups is 1. The lowest BCUT2D eigenvalue weighted by Crippen LogP contribution is -2.26. The molecule has 0 aliphatic heterocycles. The fraction of sp³-hybridized carbons (Fsp3) is 0.0769. The van der Waals surface area contributed by atoms with E-state index in [2.05, 4.69) is 10.4 Å². The standard InChI is InChI=1S/C13H13N5O3/c1-17(10-3-5-11(6-4-10)18(20)21)13(19)9-2-7-12(16-14)15-8-9/h2-8H,14H2,1H3,(H,15,16). The number of non-ortho nitro benzene ring substituents is 1. The van der Waals surface area contributed by atoms with Gasteiger partial charge in [0, 0.05) is 31.1 Å². The normalized spacial score (nSPS) is 10.0. The van der Waals surface area contributed by atoms with Gasteiger partial charge in [-0.1, -0.05) is 0 Å². The van der Waals surface area contributed by atoms with Gasteiger partial charge in [-0.2, -0.15) is 0 Å². The molecule has 0 saturated heterocycles. The Morgan fingerprint density at radius 1 is 1.29 bits per heavy atom. The summed E-state index contributed by atoms with van der Waals surface area (Å²) >= 11 is 0. The predicted octanol–water partition coefficient (Wildman–Crippen LogP) is 1.55. The molecule has 0 spiro atoms. The number of pyridine rings is 1. The van der Waals surface area contributed by atoms with Gasteiger partial charge in [0.1, 0.15) is 5.82 Å². The molecule has 0 atom stereocenters. The van der Waals surface area contributed by atoms with Crippen molar-refractivity contribution < 1.29 is 9.72 Å². The number of carbonyl (C=O) groups is 1. The Balaban J connectivity index is 2.19. The van der Waals surface area contributed by atoms with Crippen molar-refractivity contribution in [2.45, 2.75) is 0 Å². The molecule has 21 heavy (non-hydrogen) atoms. The van der Waals surface area contributed by atoms with Crippen molar-refractivity contribution in [2.24, 2.45) is 5.84 Å². The zero-order valence-electron chi connectivity index (χ0n) is 11.2. The predicted molar refractivity (Wildman–Crippen MR) is 77.9 cm³/mol. The van der Waals surface area contributed by atoms with Crippen molar-refractivity contribution in [3.05, 3.63) is 58.3 Å². The largest absolute Gasteiger partial charge is 0.311 e. The van der Waals surface area contributed by atoms with Crippen LogP contribution in [0, 0.1) is 10.1 Å². The molecule has 0 bridgehead atoms. The molecule has 0 fully saturated rings. The van der Waals surface area contributed by atoms with Gasteiger partial charge in [0.25, 0.3) is 11.6 Å². The molecule has 0 saturated carbocycles. The van der Waals surface area contributed by atoms with Crippen LogP contribution in [0.4, 0.5) is 17.2 Å². The summed E-state index contributed by atoms with van der Waals surface area (Å²) in [6.07, 6.45) is 1.40. The number of amides is 1. The van der Waals surface area contributed by atoms with E-state index < -0.39 is 4.92 Å². The number of rotatable bonds is 4. The maximum absolute atomic E-state index is 12.3. The lowest BCUT2D eigenvalue weighted by atomic mass is 10.2. The number of carbonyl (C=O) groups excluding carboxylic acids is 1. The van der Waals surface area contributed by atoms with Crippen molar-refractivity contribution in [3.63, 3.8) is 0 Å². The van der Waals surface area contributed by atoms with Crippen LogP contribution in [0.3, 0.4) is 0 Å². The molecule has 0 unspecified atom stereocenters. The van der Waals surface area contributed by atoms with Crippen LogP contribution < -0.4 is 16.2 Å². The fourth-order valence-electron chi connectivity index (χ4n) is 1.71. The number of nitrogens with two attached hydrogens (primary N) is 1. The minimum atomic E-state index is -0.492. The minimum absolute atomic E-state index is 0.0281. The number of anilines is 2. The Bertz CT molecular complexity index is 655. The van der Waals surface area contributed by atoms with Crippen molar-refractivity contribution in [1.29, 1.82) is 0 Å². The van der Waals surface area contributed by atoms with E-state index in [-0.39, 0.29) is 11.6 Å². The topological polar surface area (TPSA) is 114 Å². The lowest BCUT2D eigenvalue weighted by molar-refractivity contribution is -0.384. The van der Waals surface area contributed by atoms with Crippen LogP contribution in [0.5, 0.6) is 0 Å². The number of nitro groups is 1. The molecule has 0 radical (unpaired) electrons. The molecule has 1 aromatic carbocycles. The summed E-state index contributed by atoms with van der Waals surface area (Å²) in [5.74, 6) is 5.37. The van der Waals surface area contributed by atoms with E-state index in [9.17, 15) is 14.9 Å². The van der Waals surface area contributed by atoms with Gasteiger partial charge in [0.05, 0.1) is 10.5 Å². The summed E-state index contributed by atoms with van der Waals surface area (Å²) < 4.78 is 0. The lowest BCUT2D eigenvalue weighted by Gasteiger charge is -2.17. The van der Waals surface area contributed by atoms with Gasteiger partial charge in [0.2, 0.25) is 0 Å². The van der Waals surface area contributed by atoms with E-state index in [0.717, 1.165) is 0 Å². The van der Waals surface area contributed by atoms with Crippen LogP contribution in [0.2, 0.25) is 0 Å². The molecule has 1 aromatic heterocycles. The number of hydrogen-bond acceptors (Lipinski definition) is 6. The van der Waals surface area contributed by atoms with Gasteiger partial charge in [-0.25, -0.2) is 10.8 Å². The number of aromatic nitrogens is 1. The molecular formula is C13H13N5O3. The number of nitrogen functional groups attached to an aromatic ring is 1. The highest BCUT2D eigenvalue weighted by Crippen LogP contribution is 2.20.